The number of nitrogens with one attached hydrogen (secondary N) is 1. The first kappa shape index (κ1) is 18.5. The minimum atomic E-state index is -0.452. The van der Waals surface area contributed by atoms with Crippen molar-refractivity contribution in [1.82, 2.24) is 9.97 Å². The van der Waals surface area contributed by atoms with Crippen LogP contribution >= 0.6 is 23.1 Å². The summed E-state index contributed by atoms with van der Waals surface area (Å²) < 4.78 is 9.61. The number of aryl methyl sites for hydroxylation is 1. The normalized spacial score (nSPS) is 12.2. The lowest BCUT2D eigenvalue weighted by atomic mass is 10.2. The van der Waals surface area contributed by atoms with Gasteiger partial charge in [0, 0.05) is 0 Å². The molecule has 0 spiro atoms. The van der Waals surface area contributed by atoms with Crippen LogP contribution in [0.15, 0.2) is 4.79 Å². The second-order valence-corrected chi connectivity index (χ2v) is 7.27. The van der Waals surface area contributed by atoms with Gasteiger partial charge in [-0.2, -0.15) is 0 Å². The van der Waals surface area contributed by atoms with Crippen LogP contribution in [0.1, 0.15) is 40.2 Å². The molecule has 130 valence electrons. The van der Waals surface area contributed by atoms with Crippen molar-refractivity contribution in [2.24, 2.45) is 0 Å². The Labute approximate surface area is 146 Å². The Morgan fingerprint density at radius 3 is 2.75 bits per heavy atom. The van der Waals surface area contributed by atoms with Crippen molar-refractivity contribution in [3.05, 3.63) is 26.6 Å². The molecule has 0 amide bonds. The number of methoxy groups -OCH3 is 1. The molecule has 24 heavy (non-hydrogen) atoms. The molecule has 1 N–H and O–H groups in total. The number of carbonyl (C=O) groups is 2. The molecule has 0 aliphatic carbocycles. The fourth-order valence-electron chi connectivity index (χ4n) is 2.08. The number of thioether (sulfide) groups is 1. The average molecular weight is 370 g/mol. The Balaban J connectivity index is 2.37. The molecule has 2 aromatic rings. The Morgan fingerprint density at radius 2 is 2.12 bits per heavy atom. The summed E-state index contributed by atoms with van der Waals surface area (Å²) in [7, 11) is 1.32. The predicted octanol–water partition coefficient (Wildman–Crippen LogP) is 2.44. The first-order valence-electron chi connectivity index (χ1n) is 7.27. The molecule has 0 saturated heterocycles. The molecule has 0 aromatic carbocycles. The number of carbonyl (C=O) groups excluding carboxylic acids is 2. The van der Waals surface area contributed by atoms with E-state index in [0.717, 1.165) is 11.3 Å². The number of hydrogen-bond acceptors (Lipinski definition) is 8. The van der Waals surface area contributed by atoms with E-state index >= 15 is 0 Å². The van der Waals surface area contributed by atoms with E-state index in [1.807, 2.05) is 6.92 Å². The number of thiophene rings is 1. The van der Waals surface area contributed by atoms with Gasteiger partial charge in [-0.05, 0) is 26.3 Å². The molecular formula is C15H18N2O5S2. The average Bonchev–Trinajstić information content (AvgIpc) is 2.89. The van der Waals surface area contributed by atoms with Crippen LogP contribution in [0.5, 0.6) is 0 Å². The molecule has 0 radical (unpaired) electrons. The van der Waals surface area contributed by atoms with Gasteiger partial charge in [-0.1, -0.05) is 0 Å². The third-order valence-electron chi connectivity index (χ3n) is 3.34. The smallest absolute Gasteiger partial charge is 0.348 e. The maximum atomic E-state index is 12.4. The second kappa shape index (κ2) is 7.80. The van der Waals surface area contributed by atoms with E-state index in [9.17, 15) is 14.4 Å². The summed E-state index contributed by atoms with van der Waals surface area (Å²) in [5, 5.41) is 0.201. The molecule has 0 fully saturated rings. The van der Waals surface area contributed by atoms with Gasteiger partial charge in [0.1, 0.15) is 15.5 Å². The van der Waals surface area contributed by atoms with Crippen molar-refractivity contribution in [2.45, 2.75) is 26.0 Å². The summed E-state index contributed by atoms with van der Waals surface area (Å²) in [5.74, 6) is -0.172. The highest BCUT2D eigenvalue weighted by Crippen LogP contribution is 2.30. The highest BCUT2D eigenvalue weighted by molar-refractivity contribution is 8.00. The summed E-state index contributed by atoms with van der Waals surface area (Å²) in [5.41, 5.74) is 0.272. The summed E-state index contributed by atoms with van der Waals surface area (Å²) in [6, 6.07) is 0. The monoisotopic (exact) mass is 370 g/mol. The molecule has 1 unspecified atom stereocenters. The van der Waals surface area contributed by atoms with Gasteiger partial charge in [0.25, 0.3) is 5.56 Å². The van der Waals surface area contributed by atoms with Crippen LogP contribution in [0.2, 0.25) is 0 Å². The molecule has 1 atom stereocenters. The minimum Gasteiger partial charge on any atom is -0.468 e. The molecule has 0 saturated carbocycles. The van der Waals surface area contributed by atoms with Gasteiger partial charge in [-0.3, -0.25) is 9.59 Å². The number of aromatic amines is 1. The standard InChI is InChI=1S/C15H18N2O5S2/c1-5-22-15(20)11-7(2)10-13(19)16-12(17-14(10)24-11)8(3)23-6-9(18)21-4/h8H,5-6H2,1-4H3,(H,16,17,19). The first-order chi connectivity index (χ1) is 11.4. The number of H-pyrrole nitrogens is 1. The van der Waals surface area contributed by atoms with E-state index in [1.165, 1.54) is 18.9 Å². The third kappa shape index (κ3) is 3.78. The van der Waals surface area contributed by atoms with E-state index < -0.39 is 5.97 Å². The second-order valence-electron chi connectivity index (χ2n) is 4.94. The number of fused-ring (bicyclic) bond motifs is 1. The summed E-state index contributed by atoms with van der Waals surface area (Å²) in [4.78, 5) is 43.6. The molecular weight excluding hydrogens is 352 g/mol. The van der Waals surface area contributed by atoms with Gasteiger partial charge >= 0.3 is 11.9 Å². The van der Waals surface area contributed by atoms with Crippen LogP contribution in [0, 0.1) is 6.92 Å². The lowest BCUT2D eigenvalue weighted by molar-refractivity contribution is -0.137. The molecule has 9 heteroatoms. The Hall–Kier alpha value is -1.87. The van der Waals surface area contributed by atoms with Gasteiger partial charge in [0.15, 0.2) is 0 Å². The molecule has 2 rings (SSSR count). The zero-order valence-corrected chi connectivity index (χ0v) is 15.4. The lowest BCUT2D eigenvalue weighted by Gasteiger charge is -2.09. The zero-order chi connectivity index (χ0) is 17.9. The number of aromatic nitrogens is 2. The minimum absolute atomic E-state index is 0.164. The predicted molar refractivity (Wildman–Crippen MR) is 93.8 cm³/mol. The number of ether oxygens (including phenoxy) is 2. The van der Waals surface area contributed by atoms with E-state index in [1.54, 1.807) is 13.8 Å². The Morgan fingerprint density at radius 1 is 1.42 bits per heavy atom. The summed E-state index contributed by atoms with van der Waals surface area (Å²) in [6.45, 7) is 5.54. The highest BCUT2D eigenvalue weighted by Gasteiger charge is 2.21. The van der Waals surface area contributed by atoms with Crippen LogP contribution in [-0.4, -0.2) is 41.4 Å². The zero-order valence-electron chi connectivity index (χ0n) is 13.8. The topological polar surface area (TPSA) is 98.3 Å². The molecule has 0 bridgehead atoms. The van der Waals surface area contributed by atoms with Crippen LogP contribution in [0.3, 0.4) is 0 Å². The van der Waals surface area contributed by atoms with Crippen molar-refractivity contribution in [1.29, 1.82) is 0 Å². The van der Waals surface area contributed by atoms with Gasteiger partial charge in [0.05, 0.1) is 30.1 Å². The van der Waals surface area contributed by atoms with E-state index in [0.29, 0.717) is 26.5 Å². The largest absolute Gasteiger partial charge is 0.468 e. The van der Waals surface area contributed by atoms with Gasteiger partial charge in [-0.15, -0.1) is 23.1 Å². The van der Waals surface area contributed by atoms with Crippen molar-refractivity contribution in [3.63, 3.8) is 0 Å². The molecule has 2 heterocycles. The lowest BCUT2D eigenvalue weighted by Crippen LogP contribution is -2.14. The van der Waals surface area contributed by atoms with Gasteiger partial charge in [0.2, 0.25) is 0 Å². The van der Waals surface area contributed by atoms with Crippen LogP contribution < -0.4 is 5.56 Å². The Kier molecular flexibility index (Phi) is 6.00. The van der Waals surface area contributed by atoms with E-state index in [4.69, 9.17) is 4.74 Å². The number of nitrogens with zero attached hydrogens (tertiary/aromatic N) is 1. The Bertz CT molecular complexity index is 827. The van der Waals surface area contributed by atoms with E-state index in [-0.39, 0.29) is 29.1 Å². The van der Waals surface area contributed by atoms with Crippen molar-refractivity contribution in [2.75, 3.05) is 19.5 Å². The van der Waals surface area contributed by atoms with E-state index in [2.05, 4.69) is 14.7 Å². The van der Waals surface area contributed by atoms with Crippen LogP contribution in [0.4, 0.5) is 0 Å². The molecule has 2 aromatic heterocycles. The summed E-state index contributed by atoms with van der Waals surface area (Å²) in [6.07, 6.45) is 0. The number of rotatable bonds is 6. The van der Waals surface area contributed by atoms with Crippen LogP contribution in [-0.2, 0) is 14.3 Å². The fourth-order valence-corrected chi connectivity index (χ4v) is 3.93. The number of esters is 2. The third-order valence-corrected chi connectivity index (χ3v) is 5.63. The van der Waals surface area contributed by atoms with Crippen molar-refractivity contribution in [3.8, 4) is 0 Å². The fraction of sp³-hybridized carbons (Fsp3) is 0.467. The van der Waals surface area contributed by atoms with Gasteiger partial charge in [-0.25, -0.2) is 9.78 Å². The van der Waals surface area contributed by atoms with Crippen molar-refractivity contribution >= 4 is 45.3 Å². The molecule has 0 aliphatic rings. The van der Waals surface area contributed by atoms with Gasteiger partial charge < -0.3 is 14.5 Å². The maximum Gasteiger partial charge on any atom is 0.348 e. The van der Waals surface area contributed by atoms with Crippen molar-refractivity contribution < 1.29 is 19.1 Å². The maximum absolute atomic E-state index is 12.4. The molecule has 0 aliphatic heterocycles. The SMILES string of the molecule is CCOC(=O)c1sc2nc(C(C)SCC(=O)OC)[nH]c(=O)c2c1C. The quantitative estimate of drug-likeness (QED) is 0.780. The highest BCUT2D eigenvalue weighted by atomic mass is 32.2. The number of hydrogen-bond donors (Lipinski definition) is 1. The summed E-state index contributed by atoms with van der Waals surface area (Å²) >= 11 is 2.45. The first-order valence-corrected chi connectivity index (χ1v) is 9.14. The van der Waals surface area contributed by atoms with Crippen LogP contribution in [0.25, 0.3) is 10.2 Å². The molecule has 7 nitrogen and oxygen atoms in total.